The minimum atomic E-state index is 0.240. The highest BCUT2D eigenvalue weighted by Gasteiger charge is 2.22. The van der Waals surface area contributed by atoms with Gasteiger partial charge in [-0.15, -0.1) is 0 Å². The number of hydrogen-bond donors (Lipinski definition) is 2. The smallest absolute Gasteiger partial charge is 0.191 e. The first kappa shape index (κ1) is 16.3. The Balaban J connectivity index is 1.83. The van der Waals surface area contributed by atoms with Crippen LogP contribution in [0.1, 0.15) is 24.1 Å². The lowest BCUT2D eigenvalue weighted by Crippen LogP contribution is -2.32. The number of aromatic nitrogens is 1. The molecule has 0 bridgehead atoms. The SMILES string of the molecule is NC(=S)N(/N=C1\CCCc2c1[nH]c1ccc(Br)cc21)c1ccccc1. The van der Waals surface area contributed by atoms with Crippen LogP contribution in [0, 0.1) is 0 Å². The van der Waals surface area contributed by atoms with Crippen molar-refractivity contribution in [3.8, 4) is 0 Å². The lowest BCUT2D eigenvalue weighted by Gasteiger charge is -2.21. The van der Waals surface area contributed by atoms with Crippen LogP contribution in [0.2, 0.25) is 0 Å². The van der Waals surface area contributed by atoms with E-state index in [-0.39, 0.29) is 5.11 Å². The monoisotopic (exact) mass is 412 g/mol. The van der Waals surface area contributed by atoms with Gasteiger partial charge in [-0.3, -0.25) is 0 Å². The van der Waals surface area contributed by atoms with Crippen LogP contribution in [0.25, 0.3) is 10.9 Å². The van der Waals surface area contributed by atoms with Gasteiger partial charge in [-0.2, -0.15) is 5.10 Å². The maximum atomic E-state index is 5.93. The zero-order chi connectivity index (χ0) is 17.4. The van der Waals surface area contributed by atoms with Crippen LogP contribution in [0.4, 0.5) is 5.69 Å². The Morgan fingerprint density at radius 2 is 1.96 bits per heavy atom. The van der Waals surface area contributed by atoms with Gasteiger partial charge in [0.15, 0.2) is 5.11 Å². The topological polar surface area (TPSA) is 57.4 Å². The maximum Gasteiger partial charge on any atom is 0.191 e. The highest BCUT2D eigenvalue weighted by molar-refractivity contribution is 9.10. The van der Waals surface area contributed by atoms with Gasteiger partial charge in [0.25, 0.3) is 0 Å². The molecule has 1 heterocycles. The standard InChI is InChI=1S/C19H17BrN4S/c20-12-9-10-16-15(11-12)14-7-4-8-17(18(14)22-16)23-24(19(21)25)13-5-2-1-3-6-13/h1-3,5-6,9-11,22H,4,7-8H2,(H2,21,25)/b23-17+. The molecule has 0 amide bonds. The molecule has 3 aromatic rings. The van der Waals surface area contributed by atoms with Gasteiger partial charge in [0.1, 0.15) is 0 Å². The number of nitrogens with two attached hydrogens (primary N) is 1. The summed E-state index contributed by atoms with van der Waals surface area (Å²) < 4.78 is 1.08. The summed E-state index contributed by atoms with van der Waals surface area (Å²) in [6, 6.07) is 16.1. The van der Waals surface area contributed by atoms with Crippen LogP contribution in [0.15, 0.2) is 58.1 Å². The minimum absolute atomic E-state index is 0.240. The van der Waals surface area contributed by atoms with Crippen molar-refractivity contribution in [2.45, 2.75) is 19.3 Å². The summed E-state index contributed by atoms with van der Waals surface area (Å²) in [7, 11) is 0. The Kier molecular flexibility index (Phi) is 4.31. The van der Waals surface area contributed by atoms with E-state index in [1.54, 1.807) is 5.01 Å². The molecule has 25 heavy (non-hydrogen) atoms. The number of thiocarbonyl (C=S) groups is 1. The summed E-state index contributed by atoms with van der Waals surface area (Å²) in [5.41, 5.74) is 11.3. The zero-order valence-electron chi connectivity index (χ0n) is 13.5. The van der Waals surface area contributed by atoms with E-state index in [1.165, 1.54) is 10.9 Å². The molecular formula is C19H17BrN4S. The molecule has 4 rings (SSSR count). The highest BCUT2D eigenvalue weighted by Crippen LogP contribution is 2.31. The molecule has 1 aromatic heterocycles. The molecule has 0 radical (unpaired) electrons. The average Bonchev–Trinajstić information content (AvgIpc) is 2.99. The van der Waals surface area contributed by atoms with Gasteiger partial charge >= 0.3 is 0 Å². The Labute approximate surface area is 159 Å². The van der Waals surface area contributed by atoms with E-state index in [4.69, 9.17) is 23.1 Å². The fourth-order valence-corrected chi connectivity index (χ4v) is 3.82. The van der Waals surface area contributed by atoms with Crippen LogP contribution in [-0.4, -0.2) is 15.8 Å². The van der Waals surface area contributed by atoms with Crippen LogP contribution in [-0.2, 0) is 6.42 Å². The van der Waals surface area contributed by atoms with Crippen molar-refractivity contribution in [2.24, 2.45) is 10.8 Å². The third kappa shape index (κ3) is 3.07. The fraction of sp³-hybridized carbons (Fsp3) is 0.158. The number of benzene rings is 2. The number of anilines is 1. The van der Waals surface area contributed by atoms with Crippen LogP contribution >= 0.6 is 28.1 Å². The lowest BCUT2D eigenvalue weighted by molar-refractivity contribution is 0.835. The number of aromatic amines is 1. The van der Waals surface area contributed by atoms with Gasteiger partial charge in [-0.05, 0) is 67.4 Å². The number of aryl methyl sites for hydroxylation is 1. The Morgan fingerprint density at radius 1 is 1.16 bits per heavy atom. The molecule has 3 N–H and O–H groups in total. The van der Waals surface area contributed by atoms with Gasteiger partial charge < -0.3 is 10.7 Å². The molecule has 0 saturated carbocycles. The molecule has 1 aliphatic rings. The van der Waals surface area contributed by atoms with E-state index in [9.17, 15) is 0 Å². The Morgan fingerprint density at radius 3 is 2.72 bits per heavy atom. The van der Waals surface area contributed by atoms with E-state index in [0.717, 1.165) is 46.3 Å². The first-order valence-corrected chi connectivity index (χ1v) is 9.36. The summed E-state index contributed by atoms with van der Waals surface area (Å²) in [5.74, 6) is 0. The number of H-pyrrole nitrogens is 1. The quantitative estimate of drug-likeness (QED) is 0.472. The second kappa shape index (κ2) is 6.61. The summed E-state index contributed by atoms with van der Waals surface area (Å²) in [6.07, 6.45) is 3.00. The van der Waals surface area contributed by atoms with Crippen molar-refractivity contribution >= 4 is 55.6 Å². The summed E-state index contributed by atoms with van der Waals surface area (Å²) >= 11 is 8.79. The van der Waals surface area contributed by atoms with Crippen LogP contribution in [0.5, 0.6) is 0 Å². The minimum Gasteiger partial charge on any atom is -0.374 e. The normalized spacial score (nSPS) is 15.3. The summed E-state index contributed by atoms with van der Waals surface area (Å²) in [6.45, 7) is 0. The van der Waals surface area contributed by atoms with E-state index in [1.807, 2.05) is 36.4 Å². The van der Waals surface area contributed by atoms with Crippen molar-refractivity contribution in [1.82, 2.24) is 4.98 Å². The Hall–Kier alpha value is -2.18. The molecule has 0 atom stereocenters. The summed E-state index contributed by atoms with van der Waals surface area (Å²) in [5, 5.41) is 7.93. The number of rotatable bonds is 2. The number of nitrogens with zero attached hydrogens (tertiary/aromatic N) is 2. The lowest BCUT2D eigenvalue weighted by atomic mass is 9.94. The molecule has 0 unspecified atom stereocenters. The van der Waals surface area contributed by atoms with Crippen molar-refractivity contribution in [2.75, 3.05) is 5.01 Å². The highest BCUT2D eigenvalue weighted by atomic mass is 79.9. The predicted molar refractivity (Wildman–Crippen MR) is 111 cm³/mol. The van der Waals surface area contributed by atoms with E-state index < -0.39 is 0 Å². The van der Waals surface area contributed by atoms with Crippen molar-refractivity contribution in [3.05, 3.63) is 64.3 Å². The van der Waals surface area contributed by atoms with Crippen LogP contribution in [0.3, 0.4) is 0 Å². The van der Waals surface area contributed by atoms with Gasteiger partial charge in [-0.25, -0.2) is 5.01 Å². The molecule has 0 spiro atoms. The molecule has 126 valence electrons. The number of nitrogens with one attached hydrogen (secondary N) is 1. The molecule has 6 heteroatoms. The van der Waals surface area contributed by atoms with E-state index >= 15 is 0 Å². The second-order valence-corrected chi connectivity index (χ2v) is 7.39. The molecule has 2 aromatic carbocycles. The third-order valence-corrected chi connectivity index (χ3v) is 5.09. The molecule has 0 fully saturated rings. The number of hydrogen-bond acceptors (Lipinski definition) is 2. The number of fused-ring (bicyclic) bond motifs is 3. The molecule has 0 aliphatic heterocycles. The van der Waals surface area contributed by atoms with Crippen LogP contribution < -0.4 is 10.7 Å². The maximum absolute atomic E-state index is 5.93. The van der Waals surface area contributed by atoms with Gasteiger partial charge in [-0.1, -0.05) is 34.1 Å². The average molecular weight is 413 g/mol. The largest absolute Gasteiger partial charge is 0.374 e. The first-order chi connectivity index (χ1) is 12.1. The molecular weight excluding hydrogens is 396 g/mol. The van der Waals surface area contributed by atoms with E-state index in [0.29, 0.717) is 0 Å². The van der Waals surface area contributed by atoms with Gasteiger partial charge in [0.2, 0.25) is 0 Å². The zero-order valence-corrected chi connectivity index (χ0v) is 15.9. The third-order valence-electron chi connectivity index (χ3n) is 4.43. The number of para-hydroxylation sites is 1. The number of halogens is 1. The molecule has 0 saturated heterocycles. The summed E-state index contributed by atoms with van der Waals surface area (Å²) in [4.78, 5) is 3.53. The predicted octanol–water partition coefficient (Wildman–Crippen LogP) is 4.72. The fourth-order valence-electron chi connectivity index (χ4n) is 3.31. The first-order valence-electron chi connectivity index (χ1n) is 8.16. The molecule has 1 aliphatic carbocycles. The van der Waals surface area contributed by atoms with Crippen molar-refractivity contribution in [1.29, 1.82) is 0 Å². The van der Waals surface area contributed by atoms with Gasteiger partial charge in [0, 0.05) is 15.4 Å². The Bertz CT molecular complexity index is 978. The van der Waals surface area contributed by atoms with Crippen molar-refractivity contribution < 1.29 is 0 Å². The van der Waals surface area contributed by atoms with Gasteiger partial charge in [0.05, 0.1) is 17.1 Å². The molecule has 4 nitrogen and oxygen atoms in total. The van der Waals surface area contributed by atoms with Crippen molar-refractivity contribution in [3.63, 3.8) is 0 Å². The number of hydrazone groups is 1. The second-order valence-electron chi connectivity index (χ2n) is 6.05. The van der Waals surface area contributed by atoms with E-state index in [2.05, 4.69) is 33.0 Å².